The molecule has 0 bridgehead atoms. The van der Waals surface area contributed by atoms with Crippen LogP contribution in [0, 0.1) is 0 Å². The van der Waals surface area contributed by atoms with Crippen molar-refractivity contribution in [3.05, 3.63) is 84.9 Å². The Morgan fingerprint density at radius 2 is 1.17 bits per heavy atom. The van der Waals surface area contributed by atoms with Crippen molar-refractivity contribution in [1.82, 2.24) is 0 Å². The van der Waals surface area contributed by atoms with Crippen molar-refractivity contribution in [3.8, 4) is 5.75 Å². The Bertz CT molecular complexity index is 1200. The first-order chi connectivity index (χ1) is 14.2. The fourth-order valence-corrected chi connectivity index (χ4v) is 2.97. The maximum Gasteiger partial charge on any atom is 1.00 e. The first-order valence-corrected chi connectivity index (χ1v) is 9.51. The zero-order chi connectivity index (χ0) is 20.1. The van der Waals surface area contributed by atoms with Crippen molar-refractivity contribution >= 4 is 45.6 Å². The molecule has 4 aromatic carbocycles. The van der Waals surface area contributed by atoms with Crippen LogP contribution in [-0.4, -0.2) is 9.66 Å². The fraction of sp³-hybridized carbons (Fsp3) is 0. The standard InChI is InChI=1S/C22H16N4O2S.Na/c27-21-14-5-15-3-1-2-4-20(15)22(21)26-25-17-8-6-16(7-9-17)23-24-18-10-12-19(29-28)13-11-18;/h1-14,27-28H;/q;+1/p-1. The van der Waals surface area contributed by atoms with Crippen molar-refractivity contribution in [2.24, 2.45) is 20.5 Å². The van der Waals surface area contributed by atoms with Crippen molar-refractivity contribution in [2.45, 2.75) is 4.90 Å². The Labute approximate surface area is 199 Å². The van der Waals surface area contributed by atoms with Gasteiger partial charge in [-0.1, -0.05) is 30.3 Å². The van der Waals surface area contributed by atoms with Gasteiger partial charge in [-0.3, -0.25) is 0 Å². The third-order valence-corrected chi connectivity index (χ3v) is 4.67. The Balaban J connectivity index is 0.00000256. The van der Waals surface area contributed by atoms with E-state index >= 15 is 0 Å². The van der Waals surface area contributed by atoms with Gasteiger partial charge in [0, 0.05) is 5.39 Å². The normalized spacial score (nSPS) is 11.2. The Kier molecular flexibility index (Phi) is 7.73. The number of fused-ring (bicyclic) bond motifs is 1. The third-order valence-electron chi connectivity index (χ3n) is 4.21. The molecule has 142 valence electrons. The van der Waals surface area contributed by atoms with Crippen LogP contribution in [0.2, 0.25) is 0 Å². The summed E-state index contributed by atoms with van der Waals surface area (Å²) in [7, 11) is 0. The van der Waals surface area contributed by atoms with Gasteiger partial charge < -0.3 is 9.66 Å². The van der Waals surface area contributed by atoms with Gasteiger partial charge in [0.15, 0.2) is 0 Å². The topological polar surface area (TPSA) is 92.7 Å². The van der Waals surface area contributed by atoms with Gasteiger partial charge in [0.1, 0.15) is 11.4 Å². The Hall–Kier alpha value is -2.55. The van der Waals surface area contributed by atoms with Gasteiger partial charge in [0.05, 0.1) is 17.1 Å². The van der Waals surface area contributed by atoms with Crippen molar-refractivity contribution in [2.75, 3.05) is 0 Å². The van der Waals surface area contributed by atoms with Crippen LogP contribution in [0.1, 0.15) is 0 Å². The first kappa shape index (κ1) is 22.1. The maximum absolute atomic E-state index is 10.7. The molecule has 0 saturated heterocycles. The smallest absolute Gasteiger partial charge is 0.795 e. The number of hydrogen-bond acceptors (Lipinski definition) is 7. The van der Waals surface area contributed by atoms with Gasteiger partial charge in [-0.15, -0.1) is 5.11 Å². The summed E-state index contributed by atoms with van der Waals surface area (Å²) in [6.45, 7) is 0. The van der Waals surface area contributed by atoms with Crippen LogP contribution in [0.4, 0.5) is 22.7 Å². The molecule has 1 N–H and O–H groups in total. The molecule has 0 radical (unpaired) electrons. The summed E-state index contributed by atoms with van der Waals surface area (Å²) in [5.41, 5.74) is 2.40. The van der Waals surface area contributed by atoms with Crippen LogP contribution in [0.15, 0.2) is 110 Å². The maximum atomic E-state index is 10.7. The second-order valence-electron chi connectivity index (χ2n) is 6.15. The number of rotatable bonds is 5. The molecule has 0 fully saturated rings. The Morgan fingerprint density at radius 3 is 1.77 bits per heavy atom. The molecule has 0 aromatic heterocycles. The number of phenols is 1. The molecule has 0 amide bonds. The summed E-state index contributed by atoms with van der Waals surface area (Å²) >= 11 is 0.441. The molecule has 0 unspecified atom stereocenters. The minimum absolute atomic E-state index is 0. The van der Waals surface area contributed by atoms with Gasteiger partial charge in [-0.2, -0.15) is 15.3 Å². The summed E-state index contributed by atoms with van der Waals surface area (Å²) in [5.74, 6) is 0.0827. The number of benzene rings is 4. The largest absolute Gasteiger partial charge is 1.00 e. The summed E-state index contributed by atoms with van der Waals surface area (Å²) in [6, 6.07) is 25.1. The van der Waals surface area contributed by atoms with Gasteiger partial charge in [-0.25, -0.2) is 12.0 Å². The summed E-state index contributed by atoms with van der Waals surface area (Å²) in [4.78, 5) is 0.635. The zero-order valence-corrected chi connectivity index (χ0v) is 19.0. The van der Waals surface area contributed by atoms with E-state index in [0.29, 0.717) is 39.7 Å². The van der Waals surface area contributed by atoms with E-state index in [9.17, 15) is 9.66 Å². The van der Waals surface area contributed by atoms with E-state index in [1.165, 1.54) is 0 Å². The van der Waals surface area contributed by atoms with Crippen LogP contribution in [0.25, 0.3) is 10.8 Å². The first-order valence-electron chi connectivity index (χ1n) is 8.77. The fourth-order valence-electron chi connectivity index (χ4n) is 2.73. The predicted molar refractivity (Wildman–Crippen MR) is 113 cm³/mol. The third kappa shape index (κ3) is 5.33. The van der Waals surface area contributed by atoms with Gasteiger partial charge in [-0.05, 0) is 64.9 Å². The quantitative estimate of drug-likeness (QED) is 0.289. The van der Waals surface area contributed by atoms with Crippen molar-refractivity contribution in [3.63, 3.8) is 0 Å². The average molecular weight is 422 g/mol. The van der Waals surface area contributed by atoms with Crippen LogP contribution in [-0.2, 0) is 0 Å². The Morgan fingerprint density at radius 1 is 0.633 bits per heavy atom. The van der Waals surface area contributed by atoms with E-state index in [1.54, 1.807) is 54.6 Å². The van der Waals surface area contributed by atoms with Gasteiger partial charge >= 0.3 is 29.6 Å². The molecular weight excluding hydrogens is 407 g/mol. The van der Waals surface area contributed by atoms with Gasteiger partial charge in [0.25, 0.3) is 0 Å². The number of azo groups is 2. The molecule has 4 rings (SSSR count). The van der Waals surface area contributed by atoms with Gasteiger partial charge in [0.2, 0.25) is 0 Å². The summed E-state index contributed by atoms with van der Waals surface area (Å²) < 4.78 is 10.7. The molecular formula is C22H15N4NaO2S. The molecule has 6 nitrogen and oxygen atoms in total. The molecule has 0 aliphatic carbocycles. The van der Waals surface area contributed by atoms with Crippen LogP contribution in [0.5, 0.6) is 5.75 Å². The summed E-state index contributed by atoms with van der Waals surface area (Å²) in [6.07, 6.45) is 0. The summed E-state index contributed by atoms with van der Waals surface area (Å²) in [5, 5.41) is 28.7. The molecule has 0 saturated carbocycles. The predicted octanol–water partition coefficient (Wildman–Crippen LogP) is 4.60. The second-order valence-corrected chi connectivity index (χ2v) is 6.79. The average Bonchev–Trinajstić information content (AvgIpc) is 2.78. The molecule has 0 heterocycles. The minimum Gasteiger partial charge on any atom is -0.795 e. The molecule has 0 aliphatic rings. The van der Waals surface area contributed by atoms with E-state index in [-0.39, 0.29) is 35.3 Å². The monoisotopic (exact) mass is 422 g/mol. The number of nitrogens with zero attached hydrogens (tertiary/aromatic N) is 4. The van der Waals surface area contributed by atoms with E-state index in [1.807, 2.05) is 30.3 Å². The van der Waals surface area contributed by atoms with E-state index in [4.69, 9.17) is 0 Å². The molecule has 0 atom stereocenters. The molecule has 0 aliphatic heterocycles. The van der Waals surface area contributed by atoms with E-state index in [0.717, 1.165) is 10.8 Å². The van der Waals surface area contributed by atoms with Crippen molar-refractivity contribution < 1.29 is 39.2 Å². The molecule has 30 heavy (non-hydrogen) atoms. The SMILES string of the molecule is [Na+].[O-]Sc1ccc(N=Nc2ccc(N=Nc3c(O)ccc4ccccc34)cc2)cc1. The molecule has 4 aromatic rings. The number of hydrogen-bond donors (Lipinski definition) is 1. The molecule has 0 spiro atoms. The number of phenolic OH excluding ortho intramolecular Hbond substituents is 1. The minimum atomic E-state index is 0. The second kappa shape index (κ2) is 10.5. The zero-order valence-electron chi connectivity index (χ0n) is 16.1. The van der Waals surface area contributed by atoms with Crippen molar-refractivity contribution in [1.29, 1.82) is 0 Å². The van der Waals surface area contributed by atoms with E-state index < -0.39 is 0 Å². The van der Waals surface area contributed by atoms with Crippen LogP contribution >= 0.6 is 12.0 Å². The number of aromatic hydroxyl groups is 1. The molecule has 8 heteroatoms. The van der Waals surface area contributed by atoms with E-state index in [2.05, 4.69) is 20.5 Å². The van der Waals surface area contributed by atoms with Crippen LogP contribution in [0.3, 0.4) is 0 Å². The van der Waals surface area contributed by atoms with Crippen LogP contribution < -0.4 is 29.6 Å².